The van der Waals surface area contributed by atoms with Gasteiger partial charge in [0.05, 0.1) is 0 Å². The molecule has 0 fully saturated rings. The van der Waals surface area contributed by atoms with E-state index in [1.54, 1.807) is 12.1 Å². The molecule has 84 valence electrons. The van der Waals surface area contributed by atoms with Crippen molar-refractivity contribution in [2.24, 2.45) is 11.8 Å². The summed E-state index contributed by atoms with van der Waals surface area (Å²) in [5.41, 5.74) is 1.25. The summed E-state index contributed by atoms with van der Waals surface area (Å²) in [6, 6.07) is 6.90. The lowest BCUT2D eigenvalue weighted by Gasteiger charge is -2.21. The van der Waals surface area contributed by atoms with E-state index < -0.39 is 0 Å². The maximum absolute atomic E-state index is 12.7. The third-order valence-corrected chi connectivity index (χ3v) is 3.32. The summed E-state index contributed by atoms with van der Waals surface area (Å²) in [6.07, 6.45) is 3.53. The highest BCUT2D eigenvalue weighted by molar-refractivity contribution is 5.16. The van der Waals surface area contributed by atoms with Crippen molar-refractivity contribution in [1.82, 2.24) is 0 Å². The molecule has 0 nitrogen and oxygen atoms in total. The summed E-state index contributed by atoms with van der Waals surface area (Å²) in [5, 5.41) is 0. The van der Waals surface area contributed by atoms with Crippen molar-refractivity contribution < 1.29 is 4.39 Å². The second-order valence-electron chi connectivity index (χ2n) is 4.38. The molecular weight excluding hydrogens is 187 g/mol. The van der Waals surface area contributed by atoms with Crippen molar-refractivity contribution in [3.05, 3.63) is 35.6 Å². The molecule has 0 N–H and O–H groups in total. The van der Waals surface area contributed by atoms with Crippen LogP contribution in [0.1, 0.15) is 39.2 Å². The van der Waals surface area contributed by atoms with Crippen molar-refractivity contribution in [3.63, 3.8) is 0 Å². The molecule has 1 aromatic rings. The first-order valence-corrected chi connectivity index (χ1v) is 5.91. The standard InChI is InChI=1S/C14H21F/c1-4-13(5-2)11(3)10-12-6-8-14(15)9-7-12/h6-9,11,13H,4-5,10H2,1-3H3. The molecule has 0 saturated carbocycles. The Morgan fingerprint density at radius 2 is 1.60 bits per heavy atom. The third kappa shape index (κ3) is 3.65. The molecule has 0 spiro atoms. The van der Waals surface area contributed by atoms with Crippen molar-refractivity contribution in [1.29, 1.82) is 0 Å². The molecule has 0 aliphatic heterocycles. The van der Waals surface area contributed by atoms with Gasteiger partial charge < -0.3 is 0 Å². The molecule has 0 heterocycles. The van der Waals surface area contributed by atoms with Gasteiger partial charge in [-0.2, -0.15) is 0 Å². The minimum Gasteiger partial charge on any atom is -0.207 e. The topological polar surface area (TPSA) is 0 Å². The van der Waals surface area contributed by atoms with Crippen molar-refractivity contribution in [2.75, 3.05) is 0 Å². The van der Waals surface area contributed by atoms with Crippen LogP contribution in [0, 0.1) is 17.7 Å². The Kier molecular flexibility index (Phi) is 4.80. The van der Waals surface area contributed by atoms with E-state index in [0.29, 0.717) is 5.92 Å². The van der Waals surface area contributed by atoms with Crippen molar-refractivity contribution in [3.8, 4) is 0 Å². The van der Waals surface area contributed by atoms with E-state index in [9.17, 15) is 4.39 Å². The first-order chi connectivity index (χ1) is 7.17. The Morgan fingerprint density at radius 3 is 2.07 bits per heavy atom. The van der Waals surface area contributed by atoms with E-state index >= 15 is 0 Å². The van der Waals surface area contributed by atoms with E-state index in [2.05, 4.69) is 20.8 Å². The zero-order valence-electron chi connectivity index (χ0n) is 9.96. The average Bonchev–Trinajstić information content (AvgIpc) is 2.23. The summed E-state index contributed by atoms with van der Waals surface area (Å²) < 4.78 is 12.7. The molecule has 0 aliphatic carbocycles. The Bertz CT molecular complexity index is 272. The molecule has 0 amide bonds. The van der Waals surface area contributed by atoms with Crippen LogP contribution >= 0.6 is 0 Å². The highest BCUT2D eigenvalue weighted by atomic mass is 19.1. The first-order valence-electron chi connectivity index (χ1n) is 5.91. The van der Waals surface area contributed by atoms with Gasteiger partial charge in [-0.15, -0.1) is 0 Å². The van der Waals surface area contributed by atoms with Crippen LogP contribution in [0.15, 0.2) is 24.3 Å². The van der Waals surface area contributed by atoms with E-state index in [0.717, 1.165) is 12.3 Å². The molecule has 1 heteroatoms. The Balaban J connectivity index is 2.57. The second-order valence-corrected chi connectivity index (χ2v) is 4.38. The second kappa shape index (κ2) is 5.89. The van der Waals surface area contributed by atoms with Gasteiger partial charge in [0.25, 0.3) is 0 Å². The van der Waals surface area contributed by atoms with Gasteiger partial charge in [0.1, 0.15) is 5.82 Å². The predicted molar refractivity (Wildman–Crippen MR) is 63.3 cm³/mol. The van der Waals surface area contributed by atoms with Crippen LogP contribution in [0.3, 0.4) is 0 Å². The molecule has 1 aromatic carbocycles. The van der Waals surface area contributed by atoms with E-state index in [-0.39, 0.29) is 5.82 Å². The predicted octanol–water partition coefficient (Wildman–Crippen LogP) is 4.44. The summed E-state index contributed by atoms with van der Waals surface area (Å²) in [7, 11) is 0. The van der Waals surface area contributed by atoms with E-state index in [4.69, 9.17) is 0 Å². The Hall–Kier alpha value is -0.850. The highest BCUT2D eigenvalue weighted by Crippen LogP contribution is 2.23. The molecule has 0 aliphatic rings. The lowest BCUT2D eigenvalue weighted by molar-refractivity contribution is 0.335. The fourth-order valence-corrected chi connectivity index (χ4v) is 2.25. The molecule has 0 radical (unpaired) electrons. The molecule has 1 unspecified atom stereocenters. The summed E-state index contributed by atoms with van der Waals surface area (Å²) in [4.78, 5) is 0. The lowest BCUT2D eigenvalue weighted by Crippen LogP contribution is -2.12. The molecule has 0 saturated heterocycles. The zero-order chi connectivity index (χ0) is 11.3. The maximum atomic E-state index is 12.7. The molecule has 0 aromatic heterocycles. The molecule has 0 bridgehead atoms. The maximum Gasteiger partial charge on any atom is 0.123 e. The normalized spacial score (nSPS) is 13.1. The first kappa shape index (κ1) is 12.2. The van der Waals surface area contributed by atoms with Gasteiger partial charge in [0, 0.05) is 0 Å². The zero-order valence-corrected chi connectivity index (χ0v) is 9.96. The van der Waals surface area contributed by atoms with Gasteiger partial charge in [-0.25, -0.2) is 4.39 Å². The number of rotatable bonds is 5. The largest absolute Gasteiger partial charge is 0.207 e. The number of hydrogen-bond donors (Lipinski definition) is 0. The summed E-state index contributed by atoms with van der Waals surface area (Å²) in [6.45, 7) is 6.78. The fraction of sp³-hybridized carbons (Fsp3) is 0.571. The van der Waals surface area contributed by atoms with Crippen LogP contribution in [0.25, 0.3) is 0 Å². The minimum absolute atomic E-state index is 0.145. The molecule has 1 atom stereocenters. The number of halogens is 1. The highest BCUT2D eigenvalue weighted by Gasteiger charge is 2.13. The number of hydrogen-bond acceptors (Lipinski definition) is 0. The van der Waals surface area contributed by atoms with E-state index in [1.165, 1.54) is 18.4 Å². The van der Waals surface area contributed by atoms with Gasteiger partial charge in [0.2, 0.25) is 0 Å². The minimum atomic E-state index is -0.145. The SMILES string of the molecule is CCC(CC)C(C)Cc1ccc(F)cc1. The monoisotopic (exact) mass is 208 g/mol. The third-order valence-electron chi connectivity index (χ3n) is 3.32. The van der Waals surface area contributed by atoms with Gasteiger partial charge in [-0.05, 0) is 36.0 Å². The van der Waals surface area contributed by atoms with Crippen molar-refractivity contribution in [2.45, 2.75) is 40.0 Å². The van der Waals surface area contributed by atoms with Crippen LogP contribution in [0.2, 0.25) is 0 Å². The fourth-order valence-electron chi connectivity index (χ4n) is 2.25. The molecule has 15 heavy (non-hydrogen) atoms. The van der Waals surface area contributed by atoms with Crippen LogP contribution in [-0.4, -0.2) is 0 Å². The van der Waals surface area contributed by atoms with Crippen LogP contribution < -0.4 is 0 Å². The van der Waals surface area contributed by atoms with E-state index in [1.807, 2.05) is 12.1 Å². The smallest absolute Gasteiger partial charge is 0.123 e. The van der Waals surface area contributed by atoms with Crippen LogP contribution in [0.4, 0.5) is 4.39 Å². The van der Waals surface area contributed by atoms with Gasteiger partial charge >= 0.3 is 0 Å². The van der Waals surface area contributed by atoms with Crippen LogP contribution in [0.5, 0.6) is 0 Å². The molecular formula is C14H21F. The summed E-state index contributed by atoms with van der Waals surface area (Å²) in [5.74, 6) is 1.33. The Labute approximate surface area is 92.5 Å². The summed E-state index contributed by atoms with van der Waals surface area (Å²) >= 11 is 0. The van der Waals surface area contributed by atoms with Crippen molar-refractivity contribution >= 4 is 0 Å². The molecule has 1 rings (SSSR count). The van der Waals surface area contributed by atoms with Gasteiger partial charge in [-0.1, -0.05) is 45.7 Å². The number of benzene rings is 1. The van der Waals surface area contributed by atoms with Crippen LogP contribution in [-0.2, 0) is 6.42 Å². The lowest BCUT2D eigenvalue weighted by atomic mass is 9.85. The quantitative estimate of drug-likeness (QED) is 0.671. The van der Waals surface area contributed by atoms with Gasteiger partial charge in [-0.3, -0.25) is 0 Å². The average molecular weight is 208 g/mol. The van der Waals surface area contributed by atoms with Gasteiger partial charge in [0.15, 0.2) is 0 Å². The Morgan fingerprint density at radius 1 is 1.07 bits per heavy atom.